The van der Waals surface area contributed by atoms with Crippen molar-refractivity contribution in [2.24, 2.45) is 0 Å². The second-order valence-corrected chi connectivity index (χ2v) is 9.21. The molecule has 1 aliphatic rings. The molecule has 0 atom stereocenters. The highest BCUT2D eigenvalue weighted by Gasteiger charge is 2.41. The Morgan fingerprint density at radius 3 is 1.30 bits per heavy atom. The average molecular weight is 427 g/mol. The number of rotatable bonds is 14. The van der Waals surface area contributed by atoms with Gasteiger partial charge in [0.2, 0.25) is 0 Å². The van der Waals surface area contributed by atoms with Gasteiger partial charge in [-0.1, -0.05) is 139 Å². The lowest BCUT2D eigenvalue weighted by molar-refractivity contribution is 0.398. The Hall–Kier alpha value is -1.27. The van der Waals surface area contributed by atoms with Gasteiger partial charge in [0.15, 0.2) is 0 Å². The van der Waals surface area contributed by atoms with Gasteiger partial charge in [0.1, 0.15) is 0 Å². The van der Waals surface area contributed by atoms with Gasteiger partial charge >= 0.3 is 0 Å². The molecule has 0 aliphatic heterocycles. The zero-order valence-electron chi connectivity index (χ0n) is 19.4. The van der Waals surface area contributed by atoms with Gasteiger partial charge in [0, 0.05) is 5.41 Å². The third-order valence-corrected chi connectivity index (χ3v) is 7.09. The predicted molar refractivity (Wildman–Crippen MR) is 136 cm³/mol. The molecule has 1 aliphatic carbocycles. The SMILES string of the molecule is CCCCCCCCC1(CCCCCCCC)c2ccccc2-c2ccccc21.Cl. The highest BCUT2D eigenvalue weighted by molar-refractivity contribution is 5.85. The van der Waals surface area contributed by atoms with Crippen molar-refractivity contribution in [3.8, 4) is 11.1 Å². The highest BCUT2D eigenvalue weighted by Crippen LogP contribution is 2.53. The second kappa shape index (κ2) is 13.2. The van der Waals surface area contributed by atoms with E-state index in [2.05, 4.69) is 62.4 Å². The van der Waals surface area contributed by atoms with Crippen molar-refractivity contribution in [1.82, 2.24) is 0 Å². The Morgan fingerprint density at radius 2 is 0.867 bits per heavy atom. The molecule has 0 heterocycles. The summed E-state index contributed by atoms with van der Waals surface area (Å²) < 4.78 is 0. The van der Waals surface area contributed by atoms with E-state index in [4.69, 9.17) is 0 Å². The normalized spacial score (nSPS) is 13.5. The lowest BCUT2D eigenvalue weighted by atomic mass is 9.70. The van der Waals surface area contributed by atoms with Gasteiger partial charge in [-0.3, -0.25) is 0 Å². The van der Waals surface area contributed by atoms with Crippen LogP contribution in [-0.2, 0) is 5.41 Å². The van der Waals surface area contributed by atoms with E-state index in [0.717, 1.165) is 0 Å². The van der Waals surface area contributed by atoms with Crippen LogP contribution in [0, 0.1) is 0 Å². The van der Waals surface area contributed by atoms with Gasteiger partial charge in [-0.15, -0.1) is 12.4 Å². The van der Waals surface area contributed by atoms with Crippen LogP contribution in [0.2, 0.25) is 0 Å². The molecule has 0 N–H and O–H groups in total. The minimum Gasteiger partial charge on any atom is -0.147 e. The maximum Gasteiger partial charge on any atom is 0.0215 e. The molecule has 1 heteroatoms. The first-order valence-electron chi connectivity index (χ1n) is 12.5. The lowest BCUT2D eigenvalue weighted by Gasteiger charge is -2.33. The largest absolute Gasteiger partial charge is 0.147 e. The molecule has 166 valence electrons. The van der Waals surface area contributed by atoms with Crippen LogP contribution in [0.25, 0.3) is 11.1 Å². The standard InChI is InChI=1S/C29H42.ClH/c1-3-5-7-9-11-17-23-29(24-18-12-10-8-6-4-2)27-21-15-13-19-25(27)26-20-14-16-22-28(26)29;/h13-16,19-22H,3-12,17-18,23-24H2,1-2H3;1H. The Balaban J connectivity index is 0.00000320. The second-order valence-electron chi connectivity index (χ2n) is 9.21. The lowest BCUT2D eigenvalue weighted by Crippen LogP contribution is -2.25. The van der Waals surface area contributed by atoms with Crippen LogP contribution in [0.15, 0.2) is 48.5 Å². The van der Waals surface area contributed by atoms with Gasteiger partial charge < -0.3 is 0 Å². The third kappa shape index (κ3) is 5.91. The van der Waals surface area contributed by atoms with E-state index >= 15 is 0 Å². The molecular formula is C29H43Cl. The smallest absolute Gasteiger partial charge is 0.0215 e. The Morgan fingerprint density at radius 1 is 0.500 bits per heavy atom. The monoisotopic (exact) mass is 426 g/mol. The summed E-state index contributed by atoms with van der Waals surface area (Å²) in [5.41, 5.74) is 6.48. The van der Waals surface area contributed by atoms with Crippen molar-refractivity contribution < 1.29 is 0 Å². The van der Waals surface area contributed by atoms with Crippen LogP contribution in [0.3, 0.4) is 0 Å². The molecule has 0 radical (unpaired) electrons. The van der Waals surface area contributed by atoms with E-state index in [1.54, 1.807) is 11.1 Å². The van der Waals surface area contributed by atoms with Crippen LogP contribution in [0.5, 0.6) is 0 Å². The molecule has 0 unspecified atom stereocenters. The number of benzene rings is 2. The number of hydrogen-bond donors (Lipinski definition) is 0. The van der Waals surface area contributed by atoms with Crippen molar-refractivity contribution in [2.75, 3.05) is 0 Å². The first-order chi connectivity index (χ1) is 14.3. The fourth-order valence-corrected chi connectivity index (χ4v) is 5.49. The molecule has 0 saturated carbocycles. The van der Waals surface area contributed by atoms with Crippen LogP contribution in [0.4, 0.5) is 0 Å². The molecule has 0 bridgehead atoms. The van der Waals surface area contributed by atoms with E-state index < -0.39 is 0 Å². The van der Waals surface area contributed by atoms with E-state index in [-0.39, 0.29) is 17.8 Å². The van der Waals surface area contributed by atoms with E-state index in [1.165, 1.54) is 101 Å². The van der Waals surface area contributed by atoms with Crippen molar-refractivity contribution in [2.45, 2.75) is 109 Å². The molecule has 30 heavy (non-hydrogen) atoms. The average Bonchev–Trinajstić information content (AvgIpc) is 3.04. The minimum absolute atomic E-state index is 0. The fourth-order valence-electron chi connectivity index (χ4n) is 5.49. The van der Waals surface area contributed by atoms with Gasteiger partial charge in [-0.2, -0.15) is 0 Å². The molecule has 2 aromatic carbocycles. The predicted octanol–water partition coefficient (Wildman–Crippen LogP) is 9.88. The van der Waals surface area contributed by atoms with Crippen molar-refractivity contribution in [1.29, 1.82) is 0 Å². The molecule has 0 nitrogen and oxygen atoms in total. The van der Waals surface area contributed by atoms with Crippen LogP contribution in [-0.4, -0.2) is 0 Å². The van der Waals surface area contributed by atoms with Crippen LogP contribution < -0.4 is 0 Å². The summed E-state index contributed by atoms with van der Waals surface area (Å²) in [6.07, 6.45) is 19.3. The Bertz CT molecular complexity index is 669. The summed E-state index contributed by atoms with van der Waals surface area (Å²) in [6.45, 7) is 4.61. The van der Waals surface area contributed by atoms with Crippen molar-refractivity contribution in [3.05, 3.63) is 59.7 Å². The molecule has 0 fully saturated rings. The van der Waals surface area contributed by atoms with Gasteiger partial charge in [-0.05, 0) is 35.1 Å². The first-order valence-corrected chi connectivity index (χ1v) is 12.5. The molecule has 0 spiro atoms. The van der Waals surface area contributed by atoms with Crippen molar-refractivity contribution >= 4 is 12.4 Å². The fraction of sp³-hybridized carbons (Fsp3) is 0.586. The van der Waals surface area contributed by atoms with Crippen LogP contribution >= 0.6 is 12.4 Å². The Labute approximate surface area is 192 Å². The summed E-state index contributed by atoms with van der Waals surface area (Å²) in [5, 5.41) is 0. The molecule has 0 saturated heterocycles. The van der Waals surface area contributed by atoms with Gasteiger partial charge in [-0.25, -0.2) is 0 Å². The zero-order chi connectivity index (χ0) is 20.4. The Kier molecular flexibility index (Phi) is 11.0. The molecular weight excluding hydrogens is 384 g/mol. The summed E-state index contributed by atoms with van der Waals surface area (Å²) in [6, 6.07) is 18.6. The number of halogens is 1. The molecule has 0 amide bonds. The van der Waals surface area contributed by atoms with Gasteiger partial charge in [0.05, 0.1) is 0 Å². The maximum atomic E-state index is 2.43. The van der Waals surface area contributed by atoms with E-state index in [1.807, 2.05) is 0 Å². The highest BCUT2D eigenvalue weighted by atomic mass is 35.5. The third-order valence-electron chi connectivity index (χ3n) is 7.09. The first kappa shape index (κ1) is 25.0. The molecule has 3 rings (SSSR count). The topological polar surface area (TPSA) is 0 Å². The summed E-state index contributed by atoms with van der Waals surface area (Å²) in [5.74, 6) is 0. The van der Waals surface area contributed by atoms with Crippen molar-refractivity contribution in [3.63, 3.8) is 0 Å². The van der Waals surface area contributed by atoms with E-state index in [0.29, 0.717) is 0 Å². The quantitative estimate of drug-likeness (QED) is 0.263. The van der Waals surface area contributed by atoms with Crippen LogP contribution in [0.1, 0.15) is 115 Å². The summed E-state index contributed by atoms with van der Waals surface area (Å²) >= 11 is 0. The summed E-state index contributed by atoms with van der Waals surface area (Å²) in [4.78, 5) is 0. The number of fused-ring (bicyclic) bond motifs is 3. The molecule has 2 aromatic rings. The maximum absolute atomic E-state index is 2.43. The summed E-state index contributed by atoms with van der Waals surface area (Å²) in [7, 11) is 0. The zero-order valence-corrected chi connectivity index (χ0v) is 20.2. The minimum atomic E-state index is 0. The molecule has 0 aromatic heterocycles. The number of hydrogen-bond acceptors (Lipinski definition) is 0. The number of unbranched alkanes of at least 4 members (excludes halogenated alkanes) is 10. The van der Waals surface area contributed by atoms with E-state index in [9.17, 15) is 0 Å². The van der Waals surface area contributed by atoms with Gasteiger partial charge in [0.25, 0.3) is 0 Å².